The molecule has 6 heteroatoms. The van der Waals surface area contributed by atoms with E-state index in [0.717, 1.165) is 71.9 Å². The van der Waals surface area contributed by atoms with Crippen molar-refractivity contribution in [3.63, 3.8) is 0 Å². The summed E-state index contributed by atoms with van der Waals surface area (Å²) in [5, 5.41) is 9.10. The molecule has 0 unspecified atom stereocenters. The van der Waals surface area contributed by atoms with Gasteiger partial charge in [0, 0.05) is 64.5 Å². The molecular formula is C55H32N4OS. The van der Waals surface area contributed by atoms with Gasteiger partial charge in [-0.3, -0.25) is 0 Å². The number of hydrogen-bond donors (Lipinski definition) is 0. The quantitative estimate of drug-likeness (QED) is 0.174. The van der Waals surface area contributed by atoms with Crippen LogP contribution in [-0.4, -0.2) is 19.5 Å². The monoisotopic (exact) mass is 796 g/mol. The predicted octanol–water partition coefficient (Wildman–Crippen LogP) is 15.1. The highest BCUT2D eigenvalue weighted by Gasteiger charge is 2.23. The predicted molar refractivity (Wildman–Crippen MR) is 254 cm³/mol. The lowest BCUT2D eigenvalue weighted by molar-refractivity contribution is 0.668. The summed E-state index contributed by atoms with van der Waals surface area (Å²) in [6.45, 7) is 0. The van der Waals surface area contributed by atoms with Crippen LogP contribution >= 0.6 is 11.3 Å². The van der Waals surface area contributed by atoms with Crippen LogP contribution in [0.2, 0.25) is 0 Å². The fourth-order valence-corrected chi connectivity index (χ4v) is 10.3. The number of nitrogens with zero attached hydrogens (tertiary/aromatic N) is 4. The number of para-hydroxylation sites is 2. The summed E-state index contributed by atoms with van der Waals surface area (Å²) in [7, 11) is 0. The van der Waals surface area contributed by atoms with E-state index in [1.807, 2.05) is 18.2 Å². The number of benzene rings is 9. The van der Waals surface area contributed by atoms with Gasteiger partial charge in [-0.1, -0.05) is 140 Å². The van der Waals surface area contributed by atoms with E-state index in [1.165, 1.54) is 36.3 Å². The van der Waals surface area contributed by atoms with Gasteiger partial charge in [-0.05, 0) is 70.4 Å². The third-order valence-electron chi connectivity index (χ3n) is 12.0. The highest BCUT2D eigenvalue weighted by atomic mass is 32.1. The molecule has 4 heterocycles. The average Bonchev–Trinajstić information content (AvgIpc) is 3.99. The first-order chi connectivity index (χ1) is 30.2. The maximum atomic E-state index is 6.63. The van der Waals surface area contributed by atoms with Gasteiger partial charge in [-0.2, -0.15) is 0 Å². The van der Waals surface area contributed by atoms with Gasteiger partial charge in [0.25, 0.3) is 0 Å². The molecule has 9 aromatic carbocycles. The summed E-state index contributed by atoms with van der Waals surface area (Å²) in [6.07, 6.45) is 0. The molecule has 0 aliphatic rings. The molecule has 0 bridgehead atoms. The van der Waals surface area contributed by atoms with Gasteiger partial charge in [0.2, 0.25) is 0 Å². The second-order valence-electron chi connectivity index (χ2n) is 15.6. The molecule has 0 saturated carbocycles. The number of hydrogen-bond acceptors (Lipinski definition) is 5. The fraction of sp³-hybridized carbons (Fsp3) is 0. The molecule has 0 aliphatic heterocycles. The third-order valence-corrected chi connectivity index (χ3v) is 13.2. The molecule has 284 valence electrons. The van der Waals surface area contributed by atoms with E-state index in [-0.39, 0.29) is 0 Å². The van der Waals surface area contributed by atoms with Crippen molar-refractivity contribution in [2.45, 2.75) is 0 Å². The van der Waals surface area contributed by atoms with Gasteiger partial charge >= 0.3 is 0 Å². The molecule has 0 saturated heterocycles. The Balaban J connectivity index is 1.15. The van der Waals surface area contributed by atoms with Gasteiger partial charge in [-0.15, -0.1) is 11.3 Å². The van der Waals surface area contributed by atoms with E-state index in [0.29, 0.717) is 17.5 Å². The molecule has 61 heavy (non-hydrogen) atoms. The van der Waals surface area contributed by atoms with Crippen LogP contribution in [0.3, 0.4) is 0 Å². The number of fused-ring (bicyclic) bond motifs is 10. The number of furan rings is 1. The number of aromatic nitrogens is 4. The summed E-state index contributed by atoms with van der Waals surface area (Å²) in [5.41, 5.74) is 9.72. The van der Waals surface area contributed by atoms with Crippen LogP contribution in [0.4, 0.5) is 0 Å². The minimum Gasteiger partial charge on any atom is -0.456 e. The molecule has 0 amide bonds. The van der Waals surface area contributed by atoms with Crippen molar-refractivity contribution < 1.29 is 4.42 Å². The first kappa shape index (κ1) is 34.0. The Bertz CT molecular complexity index is 3900. The Labute approximate surface area is 353 Å². The van der Waals surface area contributed by atoms with E-state index >= 15 is 0 Å². The zero-order valence-corrected chi connectivity index (χ0v) is 33.4. The normalized spacial score (nSPS) is 11.9. The first-order valence-electron chi connectivity index (χ1n) is 20.4. The van der Waals surface area contributed by atoms with Crippen LogP contribution in [0.1, 0.15) is 0 Å². The largest absolute Gasteiger partial charge is 0.456 e. The van der Waals surface area contributed by atoms with Crippen LogP contribution in [-0.2, 0) is 0 Å². The maximum absolute atomic E-state index is 6.63. The zero-order valence-electron chi connectivity index (χ0n) is 32.6. The molecule has 0 aliphatic carbocycles. The standard InChI is InChI=1S/C55H32N4OS/c1-2-14-33(15-3-1)34-18-12-19-37(28-34)53-56-54(41-23-13-27-51-52(41)40-22-8-11-26-50(40)61-51)58-55(57-53)44-31-43-39-21-7-10-25-48(39)60-49(43)32-47(44)59-45-24-9-6-20-38(45)42-29-35-16-4-5-17-36(35)30-46(42)59/h1-32H. The molecule has 5 nitrogen and oxygen atoms in total. The van der Waals surface area contributed by atoms with Gasteiger partial charge in [0.1, 0.15) is 11.2 Å². The zero-order chi connectivity index (χ0) is 40.0. The lowest BCUT2D eigenvalue weighted by Crippen LogP contribution is -2.04. The number of rotatable bonds is 5. The molecule has 4 aromatic heterocycles. The van der Waals surface area contributed by atoms with E-state index in [2.05, 4.69) is 180 Å². The van der Waals surface area contributed by atoms with Crippen molar-refractivity contribution in [1.29, 1.82) is 0 Å². The minimum atomic E-state index is 0.579. The van der Waals surface area contributed by atoms with Crippen molar-refractivity contribution >= 4 is 86.0 Å². The van der Waals surface area contributed by atoms with E-state index in [4.69, 9.17) is 19.4 Å². The van der Waals surface area contributed by atoms with Crippen LogP contribution in [0.25, 0.3) is 126 Å². The van der Waals surface area contributed by atoms with E-state index in [1.54, 1.807) is 11.3 Å². The summed E-state index contributed by atoms with van der Waals surface area (Å²) < 4.78 is 11.4. The fourth-order valence-electron chi connectivity index (χ4n) is 9.21. The van der Waals surface area contributed by atoms with Crippen molar-refractivity contribution in [1.82, 2.24) is 19.5 Å². The molecule has 0 spiro atoms. The van der Waals surface area contributed by atoms with Crippen molar-refractivity contribution in [2.24, 2.45) is 0 Å². The summed E-state index contributed by atoms with van der Waals surface area (Å²) in [6, 6.07) is 68.5. The Kier molecular flexibility index (Phi) is 7.41. The van der Waals surface area contributed by atoms with Gasteiger partial charge < -0.3 is 8.98 Å². The van der Waals surface area contributed by atoms with Crippen LogP contribution in [0.5, 0.6) is 0 Å². The van der Waals surface area contributed by atoms with Crippen LogP contribution in [0.15, 0.2) is 199 Å². The van der Waals surface area contributed by atoms with Crippen molar-refractivity contribution in [2.75, 3.05) is 0 Å². The third kappa shape index (κ3) is 5.36. The lowest BCUT2D eigenvalue weighted by atomic mass is 10.0. The van der Waals surface area contributed by atoms with Crippen molar-refractivity contribution in [3.05, 3.63) is 194 Å². The molecule has 0 radical (unpaired) electrons. The summed E-state index contributed by atoms with van der Waals surface area (Å²) >= 11 is 1.79. The van der Waals surface area contributed by atoms with E-state index < -0.39 is 0 Å². The van der Waals surface area contributed by atoms with Gasteiger partial charge in [0.15, 0.2) is 17.5 Å². The highest BCUT2D eigenvalue weighted by Crippen LogP contribution is 2.43. The van der Waals surface area contributed by atoms with Crippen molar-refractivity contribution in [3.8, 4) is 51.0 Å². The molecule has 0 N–H and O–H groups in total. The van der Waals surface area contributed by atoms with Gasteiger partial charge in [0.05, 0.1) is 16.7 Å². The summed E-state index contributed by atoms with van der Waals surface area (Å²) in [4.78, 5) is 16.3. The first-order valence-corrected chi connectivity index (χ1v) is 21.2. The minimum absolute atomic E-state index is 0.579. The lowest BCUT2D eigenvalue weighted by Gasteiger charge is -2.16. The Morgan fingerprint density at radius 3 is 1.92 bits per heavy atom. The average molecular weight is 797 g/mol. The molecule has 0 fully saturated rings. The number of thiophene rings is 1. The topological polar surface area (TPSA) is 56.7 Å². The molecular weight excluding hydrogens is 765 g/mol. The van der Waals surface area contributed by atoms with Gasteiger partial charge in [-0.25, -0.2) is 15.0 Å². The summed E-state index contributed by atoms with van der Waals surface area (Å²) in [5.74, 6) is 1.80. The highest BCUT2D eigenvalue weighted by molar-refractivity contribution is 7.25. The Hall–Kier alpha value is -7.93. The van der Waals surface area contributed by atoms with Crippen LogP contribution in [0, 0.1) is 0 Å². The smallest absolute Gasteiger partial charge is 0.166 e. The van der Waals surface area contributed by atoms with E-state index in [9.17, 15) is 0 Å². The second kappa shape index (κ2) is 13.3. The molecule has 13 aromatic rings. The molecule has 0 atom stereocenters. The SMILES string of the molecule is c1ccc(-c2cccc(-c3nc(-c4cc5c(cc4-n4c6ccccc6c6cc7ccccc7cc64)oc4ccccc45)nc(-c4cccc5sc6ccccc6c45)n3)c2)cc1. The second-order valence-corrected chi connectivity index (χ2v) is 16.6. The Morgan fingerprint density at radius 1 is 0.377 bits per heavy atom. The maximum Gasteiger partial charge on any atom is 0.166 e. The molecule has 13 rings (SSSR count). The van der Waals surface area contributed by atoms with Crippen LogP contribution < -0.4 is 0 Å². The Morgan fingerprint density at radius 2 is 1.03 bits per heavy atom.